The van der Waals surface area contributed by atoms with Crippen LogP contribution in [-0.4, -0.2) is 40.2 Å². The smallest absolute Gasteiger partial charge is 0.420 e. The average Bonchev–Trinajstić information content (AvgIpc) is 2.67. The number of nitro groups is 1. The highest BCUT2D eigenvalue weighted by atomic mass is 35.5. The van der Waals surface area contributed by atoms with E-state index in [2.05, 4.69) is 10.1 Å². The molecule has 2 N–H and O–H groups in total. The second-order valence-electron chi connectivity index (χ2n) is 7.51. The van der Waals surface area contributed by atoms with Crippen LogP contribution >= 0.6 is 11.6 Å². The van der Waals surface area contributed by atoms with Gasteiger partial charge >= 0.3 is 5.57 Å². The molecule has 1 amide bonds. The van der Waals surface area contributed by atoms with Crippen LogP contribution in [0.25, 0.3) is 0 Å². The van der Waals surface area contributed by atoms with Crippen molar-refractivity contribution in [2.24, 2.45) is 0 Å². The van der Waals surface area contributed by atoms with Crippen molar-refractivity contribution < 1.29 is 28.3 Å². The molecule has 2 aromatic rings. The van der Waals surface area contributed by atoms with E-state index in [0.717, 1.165) is 0 Å². The Morgan fingerprint density at radius 3 is 2.58 bits per heavy atom. The van der Waals surface area contributed by atoms with Gasteiger partial charge in [-0.3, -0.25) is 14.9 Å². The molecule has 0 saturated carbocycles. The number of aliphatic hydroxyl groups is 1. The van der Waals surface area contributed by atoms with Crippen molar-refractivity contribution >= 4 is 34.6 Å². The van der Waals surface area contributed by atoms with Crippen molar-refractivity contribution in [3.63, 3.8) is 0 Å². The third-order valence-electron chi connectivity index (χ3n) is 4.80. The van der Waals surface area contributed by atoms with E-state index in [9.17, 15) is 28.8 Å². The van der Waals surface area contributed by atoms with E-state index < -0.39 is 22.0 Å². The molecule has 1 heterocycles. The molecular weight excluding hydrogens is 436 g/mol. The number of piperidine rings is 1. The molecule has 1 saturated heterocycles. The number of ether oxygens (including phenoxy) is 1. The molecule has 11 heteroatoms. The van der Waals surface area contributed by atoms with Crippen molar-refractivity contribution in [1.29, 1.82) is 0 Å². The summed E-state index contributed by atoms with van der Waals surface area (Å²) in [5.41, 5.74) is -4.41. The summed E-state index contributed by atoms with van der Waals surface area (Å²) in [4.78, 5) is 25.3. The van der Waals surface area contributed by atoms with Crippen LogP contribution in [-0.2, 0) is 0 Å². The lowest BCUT2D eigenvalue weighted by atomic mass is 9.94. The first-order valence-corrected chi connectivity index (χ1v) is 9.74. The zero-order valence-electron chi connectivity index (χ0n) is 16.5. The minimum absolute atomic E-state index is 0.0480. The second kappa shape index (κ2) is 8.64. The SMILES string of the molecule is CC1(O)CCCN(c2ccc(C(=O)Nc3ccc(OC(F)(F)Cl)cc3)cc2[N+](=O)[O-])C1. The van der Waals surface area contributed by atoms with E-state index in [1.165, 1.54) is 42.5 Å². The maximum Gasteiger partial charge on any atom is 0.487 e. The largest absolute Gasteiger partial charge is 0.487 e. The highest BCUT2D eigenvalue weighted by Crippen LogP contribution is 2.34. The van der Waals surface area contributed by atoms with E-state index in [-0.39, 0.29) is 29.2 Å². The number of nitrogens with one attached hydrogen (secondary N) is 1. The highest BCUT2D eigenvalue weighted by Gasteiger charge is 2.32. The molecule has 0 radical (unpaired) electrons. The molecule has 31 heavy (non-hydrogen) atoms. The number of amides is 1. The third kappa shape index (κ3) is 6.02. The fourth-order valence-electron chi connectivity index (χ4n) is 3.45. The average molecular weight is 456 g/mol. The highest BCUT2D eigenvalue weighted by molar-refractivity contribution is 6.20. The number of hydrogen-bond donors (Lipinski definition) is 2. The van der Waals surface area contributed by atoms with Crippen LogP contribution in [0.4, 0.5) is 25.8 Å². The van der Waals surface area contributed by atoms with Crippen LogP contribution in [0.5, 0.6) is 5.75 Å². The monoisotopic (exact) mass is 455 g/mol. The van der Waals surface area contributed by atoms with Crippen LogP contribution in [0.3, 0.4) is 0 Å². The van der Waals surface area contributed by atoms with Crippen LogP contribution in [0, 0.1) is 10.1 Å². The summed E-state index contributed by atoms with van der Waals surface area (Å²) in [6.45, 7) is 2.48. The van der Waals surface area contributed by atoms with Gasteiger partial charge in [0.15, 0.2) is 0 Å². The van der Waals surface area contributed by atoms with Gasteiger partial charge in [0, 0.05) is 42.0 Å². The van der Waals surface area contributed by atoms with Gasteiger partial charge in [-0.05, 0) is 56.2 Å². The van der Waals surface area contributed by atoms with Crippen molar-refractivity contribution in [2.45, 2.75) is 30.9 Å². The van der Waals surface area contributed by atoms with Gasteiger partial charge in [0.2, 0.25) is 0 Å². The number of benzene rings is 2. The Kier molecular flexibility index (Phi) is 6.33. The second-order valence-corrected chi connectivity index (χ2v) is 7.95. The fourth-order valence-corrected chi connectivity index (χ4v) is 3.54. The molecule has 1 atom stereocenters. The zero-order chi connectivity index (χ0) is 22.8. The number of β-amino-alcohol motifs (C(OH)–C–C–N with tert-alkyl or cyclic N) is 1. The molecule has 8 nitrogen and oxygen atoms in total. The Morgan fingerprint density at radius 2 is 2.00 bits per heavy atom. The summed E-state index contributed by atoms with van der Waals surface area (Å²) in [6, 6.07) is 9.14. The number of rotatable bonds is 6. The predicted octanol–water partition coefficient (Wildman–Crippen LogP) is 4.37. The van der Waals surface area contributed by atoms with Gasteiger partial charge in [-0.15, -0.1) is 8.78 Å². The summed E-state index contributed by atoms with van der Waals surface area (Å²) in [5.74, 6) is -0.813. The van der Waals surface area contributed by atoms with Crippen LogP contribution < -0.4 is 15.0 Å². The van der Waals surface area contributed by atoms with E-state index in [1.807, 2.05) is 0 Å². The topological polar surface area (TPSA) is 105 Å². The summed E-state index contributed by atoms with van der Waals surface area (Å²) >= 11 is 4.70. The molecular formula is C20H20ClF2N3O5. The molecule has 2 aromatic carbocycles. The number of nitrogens with zero attached hydrogens (tertiary/aromatic N) is 2. The quantitative estimate of drug-likeness (QED) is 0.381. The Labute approximate surface area is 181 Å². The molecule has 1 aliphatic heterocycles. The fraction of sp³-hybridized carbons (Fsp3) is 0.350. The number of halogens is 3. The van der Waals surface area contributed by atoms with Gasteiger partial charge in [-0.2, -0.15) is 0 Å². The normalized spacial score (nSPS) is 19.1. The lowest BCUT2D eigenvalue weighted by Crippen LogP contribution is -2.46. The summed E-state index contributed by atoms with van der Waals surface area (Å²) in [6.07, 6.45) is 1.28. The van der Waals surface area contributed by atoms with Gasteiger partial charge in [0.25, 0.3) is 11.6 Å². The maximum absolute atomic E-state index is 12.7. The molecule has 1 fully saturated rings. The minimum atomic E-state index is -3.85. The molecule has 3 rings (SSSR count). The lowest BCUT2D eigenvalue weighted by molar-refractivity contribution is -0.384. The minimum Gasteiger partial charge on any atom is -0.420 e. The molecule has 1 unspecified atom stereocenters. The van der Waals surface area contributed by atoms with Crippen LogP contribution in [0.15, 0.2) is 42.5 Å². The standard InChI is InChI=1S/C20H20ClF2N3O5/c1-19(28)9-2-10-25(12-19)16-8-3-13(11-17(16)26(29)30)18(27)24-14-4-6-15(7-5-14)31-20(21,22)23/h3-8,11,28H,2,9-10,12H2,1H3,(H,24,27). The molecule has 0 spiro atoms. The number of nitro benzene ring substituents is 1. The number of alkyl halides is 3. The Hall–Kier alpha value is -2.98. The zero-order valence-corrected chi connectivity index (χ0v) is 17.2. The molecule has 1 aliphatic rings. The van der Waals surface area contributed by atoms with Gasteiger partial charge in [-0.25, -0.2) is 0 Å². The Morgan fingerprint density at radius 1 is 1.32 bits per heavy atom. The van der Waals surface area contributed by atoms with Gasteiger partial charge in [0.1, 0.15) is 11.4 Å². The Bertz CT molecular complexity index is 980. The van der Waals surface area contributed by atoms with E-state index >= 15 is 0 Å². The maximum atomic E-state index is 12.7. The van der Waals surface area contributed by atoms with Crippen LogP contribution in [0.1, 0.15) is 30.1 Å². The predicted molar refractivity (Wildman–Crippen MR) is 111 cm³/mol. The van der Waals surface area contributed by atoms with Crippen molar-refractivity contribution in [3.8, 4) is 5.75 Å². The lowest BCUT2D eigenvalue weighted by Gasteiger charge is -2.37. The van der Waals surface area contributed by atoms with E-state index in [4.69, 9.17) is 11.6 Å². The molecule has 166 valence electrons. The first-order chi connectivity index (χ1) is 14.4. The molecule has 0 aromatic heterocycles. The van der Waals surface area contributed by atoms with Gasteiger partial charge in [0.05, 0.1) is 10.5 Å². The molecule has 0 bridgehead atoms. The number of carbonyl (C=O) groups excluding carboxylic acids is 1. The summed E-state index contributed by atoms with van der Waals surface area (Å²) in [7, 11) is 0. The summed E-state index contributed by atoms with van der Waals surface area (Å²) in [5, 5.41) is 24.4. The van der Waals surface area contributed by atoms with E-state index in [0.29, 0.717) is 25.1 Å². The van der Waals surface area contributed by atoms with Crippen molar-refractivity contribution in [1.82, 2.24) is 0 Å². The van der Waals surface area contributed by atoms with E-state index in [1.54, 1.807) is 11.8 Å². The summed E-state index contributed by atoms with van der Waals surface area (Å²) < 4.78 is 29.5. The van der Waals surface area contributed by atoms with Gasteiger partial charge in [-0.1, -0.05) is 0 Å². The first-order valence-electron chi connectivity index (χ1n) is 9.36. The Balaban J connectivity index is 1.77. The number of carbonyl (C=O) groups is 1. The van der Waals surface area contributed by atoms with Crippen molar-refractivity contribution in [3.05, 3.63) is 58.1 Å². The van der Waals surface area contributed by atoms with Crippen LogP contribution in [0.2, 0.25) is 0 Å². The first kappa shape index (κ1) is 22.7. The van der Waals surface area contributed by atoms with Crippen molar-refractivity contribution in [2.75, 3.05) is 23.3 Å². The van der Waals surface area contributed by atoms with Gasteiger partial charge < -0.3 is 20.1 Å². The molecule has 0 aliphatic carbocycles. The number of hydrogen-bond acceptors (Lipinski definition) is 6. The third-order valence-corrected chi connectivity index (χ3v) is 4.87. The number of anilines is 2.